The van der Waals surface area contributed by atoms with Crippen LogP contribution in [0.5, 0.6) is 0 Å². The zero-order valence-electron chi connectivity index (χ0n) is 13.5. The zero-order valence-corrected chi connectivity index (χ0v) is 13.5. The molecular formula is C19H17FN4O. The number of nitrogens with zero attached hydrogens (tertiary/aromatic N) is 3. The Labute approximate surface area is 144 Å². The fourth-order valence-corrected chi connectivity index (χ4v) is 3.31. The molecule has 1 aromatic carbocycles. The molecule has 0 fully saturated rings. The molecule has 1 aliphatic heterocycles. The van der Waals surface area contributed by atoms with Gasteiger partial charge in [-0.25, -0.2) is 9.37 Å². The predicted molar refractivity (Wildman–Crippen MR) is 90.2 cm³/mol. The molecule has 6 heteroatoms. The summed E-state index contributed by atoms with van der Waals surface area (Å²) in [6.45, 7) is 0.574. The molecular weight excluding hydrogens is 319 g/mol. The van der Waals surface area contributed by atoms with Crippen LogP contribution in [-0.2, 0) is 17.6 Å². The number of hydrogen-bond donors (Lipinski definition) is 1. The van der Waals surface area contributed by atoms with E-state index < -0.39 is 0 Å². The molecule has 5 nitrogen and oxygen atoms in total. The van der Waals surface area contributed by atoms with Crippen LogP contribution in [0.2, 0.25) is 0 Å². The molecule has 126 valence electrons. The number of pyridine rings is 1. The van der Waals surface area contributed by atoms with E-state index in [1.54, 1.807) is 29.6 Å². The SMILES string of the molecule is O=C(Cc1cccc(F)c1)N1CCc2[nH]cnc2[C@H]1c1ccccn1. The lowest BCUT2D eigenvalue weighted by Gasteiger charge is -2.34. The number of halogens is 1. The van der Waals surface area contributed by atoms with Gasteiger partial charge in [-0.15, -0.1) is 0 Å². The van der Waals surface area contributed by atoms with Gasteiger partial charge in [-0.3, -0.25) is 9.78 Å². The van der Waals surface area contributed by atoms with E-state index in [2.05, 4.69) is 15.0 Å². The van der Waals surface area contributed by atoms with Crippen molar-refractivity contribution < 1.29 is 9.18 Å². The third-order valence-corrected chi connectivity index (χ3v) is 4.46. The minimum atomic E-state index is -0.334. The number of benzene rings is 1. The summed E-state index contributed by atoms with van der Waals surface area (Å²) in [5.74, 6) is -0.394. The van der Waals surface area contributed by atoms with Gasteiger partial charge >= 0.3 is 0 Å². The summed E-state index contributed by atoms with van der Waals surface area (Å²) in [7, 11) is 0. The Morgan fingerprint density at radius 2 is 2.16 bits per heavy atom. The molecule has 0 saturated heterocycles. The maximum absolute atomic E-state index is 13.4. The largest absolute Gasteiger partial charge is 0.348 e. The number of H-pyrrole nitrogens is 1. The lowest BCUT2D eigenvalue weighted by Crippen LogP contribution is -2.41. The van der Waals surface area contributed by atoms with Crippen molar-refractivity contribution in [3.05, 3.63) is 83.5 Å². The van der Waals surface area contributed by atoms with Gasteiger partial charge in [0.1, 0.15) is 11.9 Å². The molecule has 0 spiro atoms. The van der Waals surface area contributed by atoms with Crippen LogP contribution in [-0.4, -0.2) is 32.3 Å². The van der Waals surface area contributed by atoms with Crippen molar-refractivity contribution in [2.45, 2.75) is 18.9 Å². The fraction of sp³-hybridized carbons (Fsp3) is 0.211. The van der Waals surface area contributed by atoms with Crippen LogP contribution in [0.15, 0.2) is 55.0 Å². The van der Waals surface area contributed by atoms with Gasteiger partial charge in [-0.05, 0) is 29.8 Å². The molecule has 0 unspecified atom stereocenters. The molecule has 3 heterocycles. The highest BCUT2D eigenvalue weighted by Gasteiger charge is 2.34. The second-order valence-electron chi connectivity index (χ2n) is 6.07. The lowest BCUT2D eigenvalue weighted by atomic mass is 9.98. The van der Waals surface area contributed by atoms with Crippen LogP contribution in [0.25, 0.3) is 0 Å². The van der Waals surface area contributed by atoms with Crippen LogP contribution in [0.3, 0.4) is 0 Å². The third-order valence-electron chi connectivity index (χ3n) is 4.46. The number of carbonyl (C=O) groups is 1. The van der Waals surface area contributed by atoms with Crippen molar-refractivity contribution in [3.8, 4) is 0 Å². The van der Waals surface area contributed by atoms with Gasteiger partial charge < -0.3 is 9.88 Å². The number of carbonyl (C=O) groups excluding carboxylic acids is 1. The maximum atomic E-state index is 13.4. The molecule has 3 aromatic rings. The summed E-state index contributed by atoms with van der Waals surface area (Å²) in [4.78, 5) is 26.7. The molecule has 2 aromatic heterocycles. The van der Waals surface area contributed by atoms with Gasteiger partial charge in [0.05, 0.1) is 24.1 Å². The van der Waals surface area contributed by atoms with Crippen molar-refractivity contribution in [3.63, 3.8) is 0 Å². The Bertz CT molecular complexity index is 893. The summed E-state index contributed by atoms with van der Waals surface area (Å²) in [6, 6.07) is 11.5. The summed E-state index contributed by atoms with van der Waals surface area (Å²) in [5.41, 5.74) is 3.31. The van der Waals surface area contributed by atoms with E-state index in [9.17, 15) is 9.18 Å². The number of hydrogen-bond acceptors (Lipinski definition) is 3. The van der Waals surface area contributed by atoms with E-state index in [1.165, 1.54) is 12.1 Å². The van der Waals surface area contributed by atoms with Gasteiger partial charge in [0.15, 0.2) is 0 Å². The Morgan fingerprint density at radius 3 is 2.96 bits per heavy atom. The summed E-state index contributed by atoms with van der Waals surface area (Å²) in [6.07, 6.45) is 4.24. The quantitative estimate of drug-likeness (QED) is 0.800. The standard InChI is InChI=1S/C19H17FN4O/c20-14-5-3-4-13(10-14)11-17(25)24-9-7-15-18(23-12-22-15)19(24)16-6-1-2-8-21-16/h1-6,8,10,12,19H,7,9,11H2,(H,22,23)/t19-/m1/s1. The van der Waals surface area contributed by atoms with Gasteiger partial charge in [-0.2, -0.15) is 0 Å². The van der Waals surface area contributed by atoms with Crippen molar-refractivity contribution in [1.29, 1.82) is 0 Å². The highest BCUT2D eigenvalue weighted by Crippen LogP contribution is 2.32. The molecule has 0 aliphatic carbocycles. The number of amides is 1. The Balaban J connectivity index is 1.66. The van der Waals surface area contributed by atoms with E-state index in [1.807, 2.05) is 18.2 Å². The van der Waals surface area contributed by atoms with Crippen LogP contribution < -0.4 is 0 Å². The van der Waals surface area contributed by atoms with E-state index in [0.717, 1.165) is 17.1 Å². The second kappa shape index (κ2) is 6.47. The number of nitrogens with one attached hydrogen (secondary N) is 1. The van der Waals surface area contributed by atoms with E-state index in [4.69, 9.17) is 0 Å². The van der Waals surface area contributed by atoms with E-state index >= 15 is 0 Å². The lowest BCUT2D eigenvalue weighted by molar-refractivity contribution is -0.132. The first kappa shape index (κ1) is 15.5. The smallest absolute Gasteiger partial charge is 0.227 e. The minimum Gasteiger partial charge on any atom is -0.348 e. The van der Waals surface area contributed by atoms with Gasteiger partial charge in [-0.1, -0.05) is 18.2 Å². The second-order valence-corrected chi connectivity index (χ2v) is 6.07. The van der Waals surface area contributed by atoms with E-state index in [-0.39, 0.29) is 24.2 Å². The Hall–Kier alpha value is -3.02. The van der Waals surface area contributed by atoms with Crippen LogP contribution in [0, 0.1) is 5.82 Å². The highest BCUT2D eigenvalue weighted by atomic mass is 19.1. The number of rotatable bonds is 3. The molecule has 1 N–H and O–H groups in total. The molecule has 1 atom stereocenters. The average molecular weight is 336 g/mol. The molecule has 0 radical (unpaired) electrons. The summed E-state index contributed by atoms with van der Waals surface area (Å²) < 4.78 is 13.4. The maximum Gasteiger partial charge on any atom is 0.227 e. The van der Waals surface area contributed by atoms with Crippen molar-refractivity contribution in [2.75, 3.05) is 6.54 Å². The predicted octanol–water partition coefficient (Wildman–Crippen LogP) is 2.66. The third kappa shape index (κ3) is 3.03. The molecule has 1 aliphatic rings. The van der Waals surface area contributed by atoms with Gasteiger partial charge in [0.25, 0.3) is 0 Å². The molecule has 25 heavy (non-hydrogen) atoms. The van der Waals surface area contributed by atoms with Crippen molar-refractivity contribution in [2.24, 2.45) is 0 Å². The molecule has 0 saturated carbocycles. The topological polar surface area (TPSA) is 61.9 Å². The first-order chi connectivity index (χ1) is 12.2. The van der Waals surface area contributed by atoms with Gasteiger partial charge in [0.2, 0.25) is 5.91 Å². The number of imidazole rings is 1. The Morgan fingerprint density at radius 1 is 1.24 bits per heavy atom. The summed E-state index contributed by atoms with van der Waals surface area (Å²) >= 11 is 0. The van der Waals surface area contributed by atoms with E-state index in [0.29, 0.717) is 18.5 Å². The normalized spacial score (nSPS) is 16.5. The summed E-state index contributed by atoms with van der Waals surface area (Å²) in [5, 5.41) is 0. The first-order valence-corrected chi connectivity index (χ1v) is 8.19. The monoisotopic (exact) mass is 336 g/mol. The van der Waals surface area contributed by atoms with Gasteiger partial charge in [0, 0.05) is 24.9 Å². The van der Waals surface area contributed by atoms with Crippen LogP contribution in [0.1, 0.15) is 28.7 Å². The fourth-order valence-electron chi connectivity index (χ4n) is 3.31. The van der Waals surface area contributed by atoms with Crippen LogP contribution >= 0.6 is 0 Å². The van der Waals surface area contributed by atoms with Crippen molar-refractivity contribution >= 4 is 5.91 Å². The first-order valence-electron chi connectivity index (χ1n) is 8.19. The van der Waals surface area contributed by atoms with Crippen molar-refractivity contribution in [1.82, 2.24) is 19.9 Å². The Kier molecular flexibility index (Phi) is 4.01. The average Bonchev–Trinajstić information content (AvgIpc) is 3.10. The molecule has 1 amide bonds. The number of aromatic amines is 1. The molecule has 0 bridgehead atoms. The highest BCUT2D eigenvalue weighted by molar-refractivity contribution is 5.80. The zero-order chi connectivity index (χ0) is 17.2. The number of aromatic nitrogens is 3. The van der Waals surface area contributed by atoms with Crippen LogP contribution in [0.4, 0.5) is 4.39 Å². The molecule has 4 rings (SSSR count). The number of fused-ring (bicyclic) bond motifs is 1. The minimum absolute atomic E-state index is 0.0603.